The zero-order valence-electron chi connectivity index (χ0n) is 9.16. The summed E-state index contributed by atoms with van der Waals surface area (Å²) in [7, 11) is 0. The van der Waals surface area contributed by atoms with E-state index in [4.69, 9.17) is 5.73 Å². The van der Waals surface area contributed by atoms with E-state index in [2.05, 4.69) is 18.0 Å². The smallest absolute Gasteiger partial charge is 0.141 e. The van der Waals surface area contributed by atoms with Crippen molar-refractivity contribution < 1.29 is 0 Å². The Balaban J connectivity index is 2.27. The minimum absolute atomic E-state index is 0.419. The molecule has 1 aromatic heterocycles. The average Bonchev–Trinajstić information content (AvgIpc) is 3.04. The molecule has 4 heteroatoms. The van der Waals surface area contributed by atoms with Gasteiger partial charge in [-0.15, -0.1) is 11.8 Å². The van der Waals surface area contributed by atoms with E-state index < -0.39 is 0 Å². The summed E-state index contributed by atoms with van der Waals surface area (Å²) >= 11 is 1.89. The Morgan fingerprint density at radius 1 is 1.50 bits per heavy atom. The zero-order valence-corrected chi connectivity index (χ0v) is 9.97. The van der Waals surface area contributed by atoms with Crippen molar-refractivity contribution in [2.45, 2.75) is 36.7 Å². The first-order chi connectivity index (χ1) is 7.72. The maximum Gasteiger partial charge on any atom is 0.141 e. The molecule has 1 aliphatic heterocycles. The maximum absolute atomic E-state index is 9.20. The van der Waals surface area contributed by atoms with Crippen molar-refractivity contribution in [3.8, 4) is 6.07 Å². The molecule has 2 aliphatic rings. The highest BCUT2D eigenvalue weighted by atomic mass is 32.2. The first kappa shape index (κ1) is 9.98. The van der Waals surface area contributed by atoms with Crippen molar-refractivity contribution in [3.05, 3.63) is 22.4 Å². The molecule has 2 N–H and O–H groups in total. The van der Waals surface area contributed by atoms with Crippen LogP contribution in [0.25, 0.3) is 0 Å². The van der Waals surface area contributed by atoms with E-state index in [0.717, 1.165) is 11.4 Å². The third-order valence-corrected chi connectivity index (χ3v) is 4.54. The number of nitrogen functional groups attached to an aromatic ring is 1. The summed E-state index contributed by atoms with van der Waals surface area (Å²) in [6, 6.07) is 2.23. The quantitative estimate of drug-likeness (QED) is 0.807. The van der Waals surface area contributed by atoms with Crippen LogP contribution in [-0.2, 0) is 5.75 Å². The predicted molar refractivity (Wildman–Crippen MR) is 65.0 cm³/mol. The van der Waals surface area contributed by atoms with Crippen molar-refractivity contribution >= 4 is 17.6 Å². The zero-order chi connectivity index (χ0) is 11.3. The van der Waals surface area contributed by atoms with Gasteiger partial charge in [0.15, 0.2) is 0 Å². The number of hydrogen-bond acceptors (Lipinski definition) is 4. The standard InChI is InChI=1S/C12H13N3S/c1-6-11-9(5-16-6)10(7-2-3-7)8(4-13)12(14)15-11/h6-7H,2-3,5H2,1H3,(H2,14,15)/t6-/m1/s1. The highest BCUT2D eigenvalue weighted by Crippen LogP contribution is 2.50. The third kappa shape index (κ3) is 1.31. The molecule has 0 unspecified atom stereocenters. The summed E-state index contributed by atoms with van der Waals surface area (Å²) in [6.07, 6.45) is 2.40. The first-order valence-corrected chi connectivity index (χ1v) is 6.61. The Kier molecular flexibility index (Phi) is 2.11. The SMILES string of the molecule is C[C@H]1SCc2c1nc(N)c(C#N)c2C1CC1. The molecule has 0 radical (unpaired) electrons. The van der Waals surface area contributed by atoms with Gasteiger partial charge in [-0.05, 0) is 36.8 Å². The number of nitriles is 1. The number of hydrogen-bond donors (Lipinski definition) is 1. The lowest BCUT2D eigenvalue weighted by Gasteiger charge is -2.11. The van der Waals surface area contributed by atoms with E-state index in [1.54, 1.807) is 0 Å². The number of pyridine rings is 1. The van der Waals surface area contributed by atoms with Crippen LogP contribution in [0.3, 0.4) is 0 Å². The van der Waals surface area contributed by atoms with E-state index in [0.29, 0.717) is 22.5 Å². The second-order valence-corrected chi connectivity index (χ2v) is 5.82. The van der Waals surface area contributed by atoms with Gasteiger partial charge in [-0.2, -0.15) is 5.26 Å². The monoisotopic (exact) mass is 231 g/mol. The fraction of sp³-hybridized carbons (Fsp3) is 0.500. The topological polar surface area (TPSA) is 62.7 Å². The van der Waals surface area contributed by atoms with Crippen LogP contribution in [0.15, 0.2) is 0 Å². The van der Waals surface area contributed by atoms with Crippen LogP contribution < -0.4 is 5.73 Å². The third-order valence-electron chi connectivity index (χ3n) is 3.36. The van der Waals surface area contributed by atoms with Crippen molar-refractivity contribution in [1.29, 1.82) is 5.26 Å². The van der Waals surface area contributed by atoms with Gasteiger partial charge < -0.3 is 5.73 Å². The highest BCUT2D eigenvalue weighted by molar-refractivity contribution is 7.99. The van der Waals surface area contributed by atoms with Gasteiger partial charge in [-0.1, -0.05) is 0 Å². The second-order valence-electron chi connectivity index (χ2n) is 4.49. The van der Waals surface area contributed by atoms with Crippen molar-refractivity contribution in [3.63, 3.8) is 0 Å². The van der Waals surface area contributed by atoms with Crippen molar-refractivity contribution in [1.82, 2.24) is 4.98 Å². The molecule has 1 atom stereocenters. The number of aromatic nitrogens is 1. The van der Waals surface area contributed by atoms with Gasteiger partial charge in [0.05, 0.1) is 11.3 Å². The van der Waals surface area contributed by atoms with Crippen LogP contribution in [0.4, 0.5) is 5.82 Å². The minimum atomic E-state index is 0.419. The molecule has 16 heavy (non-hydrogen) atoms. The molecule has 3 nitrogen and oxygen atoms in total. The van der Waals surface area contributed by atoms with E-state index in [1.165, 1.54) is 24.0 Å². The summed E-state index contributed by atoms with van der Waals surface area (Å²) in [5.41, 5.74) is 10.1. The summed E-state index contributed by atoms with van der Waals surface area (Å²) in [5, 5.41) is 9.62. The highest BCUT2D eigenvalue weighted by Gasteiger charge is 2.35. The van der Waals surface area contributed by atoms with Gasteiger partial charge in [0, 0.05) is 11.0 Å². The van der Waals surface area contributed by atoms with Crippen molar-refractivity contribution in [2.75, 3.05) is 5.73 Å². The van der Waals surface area contributed by atoms with E-state index >= 15 is 0 Å². The van der Waals surface area contributed by atoms with Crippen LogP contribution >= 0.6 is 11.8 Å². The Labute approximate surface area is 99.0 Å². The van der Waals surface area contributed by atoms with Crippen LogP contribution in [-0.4, -0.2) is 4.98 Å². The summed E-state index contributed by atoms with van der Waals surface area (Å²) in [6.45, 7) is 2.16. The molecule has 1 aromatic rings. The molecule has 0 aromatic carbocycles. The molecule has 1 fully saturated rings. The lowest BCUT2D eigenvalue weighted by atomic mass is 9.97. The Hall–Kier alpha value is -1.21. The van der Waals surface area contributed by atoms with Crippen LogP contribution in [0.5, 0.6) is 0 Å². The van der Waals surface area contributed by atoms with Gasteiger partial charge in [0.25, 0.3) is 0 Å². The number of nitrogens with two attached hydrogens (primary N) is 1. The van der Waals surface area contributed by atoms with E-state index in [9.17, 15) is 5.26 Å². The largest absolute Gasteiger partial charge is 0.383 e. The molecule has 82 valence electrons. The molecule has 1 aliphatic carbocycles. The molecular weight excluding hydrogens is 218 g/mol. The number of anilines is 1. The summed E-state index contributed by atoms with van der Waals surface area (Å²) in [5.74, 6) is 1.99. The molecule has 0 spiro atoms. The van der Waals surface area contributed by atoms with Gasteiger partial charge >= 0.3 is 0 Å². The number of thioether (sulfide) groups is 1. The van der Waals surface area contributed by atoms with Gasteiger partial charge in [0.1, 0.15) is 11.9 Å². The Bertz CT molecular complexity index is 500. The summed E-state index contributed by atoms with van der Waals surface area (Å²) in [4.78, 5) is 4.41. The normalized spacial score (nSPS) is 22.9. The average molecular weight is 231 g/mol. The second kappa shape index (κ2) is 3.39. The first-order valence-electron chi connectivity index (χ1n) is 5.56. The van der Waals surface area contributed by atoms with Crippen LogP contribution in [0.1, 0.15) is 53.3 Å². The van der Waals surface area contributed by atoms with Crippen LogP contribution in [0.2, 0.25) is 0 Å². The maximum atomic E-state index is 9.20. The fourth-order valence-corrected chi connectivity index (χ4v) is 3.47. The molecule has 2 heterocycles. The Morgan fingerprint density at radius 2 is 2.25 bits per heavy atom. The predicted octanol–water partition coefficient (Wildman–Crippen LogP) is 2.72. The molecule has 3 rings (SSSR count). The van der Waals surface area contributed by atoms with Gasteiger partial charge in [-0.25, -0.2) is 4.98 Å². The minimum Gasteiger partial charge on any atom is -0.383 e. The molecule has 0 saturated heterocycles. The van der Waals surface area contributed by atoms with Gasteiger partial charge in [0.2, 0.25) is 0 Å². The molecular formula is C12H13N3S. The number of rotatable bonds is 1. The lowest BCUT2D eigenvalue weighted by molar-refractivity contribution is 0.975. The van der Waals surface area contributed by atoms with E-state index in [1.807, 2.05) is 11.8 Å². The number of fused-ring (bicyclic) bond motifs is 1. The number of nitrogens with zero attached hydrogens (tertiary/aromatic N) is 2. The Morgan fingerprint density at radius 3 is 2.88 bits per heavy atom. The summed E-state index contributed by atoms with van der Waals surface area (Å²) < 4.78 is 0. The van der Waals surface area contributed by atoms with Gasteiger partial charge in [-0.3, -0.25) is 0 Å². The molecule has 0 amide bonds. The van der Waals surface area contributed by atoms with E-state index in [-0.39, 0.29) is 0 Å². The molecule has 0 bridgehead atoms. The fourth-order valence-electron chi connectivity index (χ4n) is 2.40. The van der Waals surface area contributed by atoms with Crippen LogP contribution in [0, 0.1) is 11.3 Å². The lowest BCUT2D eigenvalue weighted by Crippen LogP contribution is -2.06. The molecule has 1 saturated carbocycles. The van der Waals surface area contributed by atoms with Crippen molar-refractivity contribution in [2.24, 2.45) is 0 Å².